The second kappa shape index (κ2) is 7.95. The molecule has 1 unspecified atom stereocenters. The molecule has 172 valence electrons. The lowest BCUT2D eigenvalue weighted by atomic mass is 9.96. The van der Waals surface area contributed by atoms with Crippen LogP contribution in [0.15, 0.2) is 66.1 Å². The van der Waals surface area contributed by atoms with Gasteiger partial charge in [0, 0.05) is 31.6 Å². The molecule has 2 aliphatic heterocycles. The molecule has 1 fully saturated rings. The van der Waals surface area contributed by atoms with Crippen LogP contribution in [0.1, 0.15) is 34.5 Å². The van der Waals surface area contributed by atoms with Crippen molar-refractivity contribution in [1.29, 1.82) is 0 Å². The van der Waals surface area contributed by atoms with Gasteiger partial charge in [-0.25, -0.2) is 9.78 Å². The van der Waals surface area contributed by atoms with Crippen molar-refractivity contribution in [1.82, 2.24) is 14.3 Å². The maximum atomic E-state index is 13.6. The maximum absolute atomic E-state index is 13.6. The molecule has 9 heteroatoms. The summed E-state index contributed by atoms with van der Waals surface area (Å²) >= 11 is 0. The summed E-state index contributed by atoms with van der Waals surface area (Å²) in [4.78, 5) is 59.5. The zero-order valence-electron chi connectivity index (χ0n) is 18.6. The van der Waals surface area contributed by atoms with Gasteiger partial charge >= 0.3 is 5.97 Å². The van der Waals surface area contributed by atoms with Gasteiger partial charge in [-0.3, -0.25) is 23.7 Å². The average molecular weight is 458 g/mol. The molecule has 5 rings (SSSR count). The van der Waals surface area contributed by atoms with Crippen molar-refractivity contribution in [3.05, 3.63) is 88.5 Å². The van der Waals surface area contributed by atoms with Crippen molar-refractivity contribution < 1.29 is 19.1 Å². The van der Waals surface area contributed by atoms with E-state index in [2.05, 4.69) is 11.6 Å². The van der Waals surface area contributed by atoms with Gasteiger partial charge in [0.05, 0.1) is 16.9 Å². The van der Waals surface area contributed by atoms with Crippen LogP contribution >= 0.6 is 0 Å². The van der Waals surface area contributed by atoms with Gasteiger partial charge < -0.3 is 9.64 Å². The summed E-state index contributed by atoms with van der Waals surface area (Å²) < 4.78 is 7.02. The molecule has 0 saturated carbocycles. The second-order valence-electron chi connectivity index (χ2n) is 8.36. The first-order chi connectivity index (χ1) is 16.4. The van der Waals surface area contributed by atoms with Crippen molar-refractivity contribution >= 4 is 29.1 Å². The Kier molecular flexibility index (Phi) is 5.04. The van der Waals surface area contributed by atoms with Crippen LogP contribution in [0.3, 0.4) is 0 Å². The number of amides is 2. The van der Waals surface area contributed by atoms with E-state index in [9.17, 15) is 19.2 Å². The van der Waals surface area contributed by atoms with E-state index in [0.717, 1.165) is 5.56 Å². The summed E-state index contributed by atoms with van der Waals surface area (Å²) in [6.45, 7) is 5.38. The topological polar surface area (TPSA) is 101 Å². The van der Waals surface area contributed by atoms with Gasteiger partial charge in [0.15, 0.2) is 0 Å². The zero-order chi connectivity index (χ0) is 24.0. The van der Waals surface area contributed by atoms with Gasteiger partial charge in [-0.05, 0) is 36.8 Å². The highest BCUT2D eigenvalue weighted by Gasteiger charge is 2.61. The number of hydrogen-bond acceptors (Lipinski definition) is 6. The van der Waals surface area contributed by atoms with Crippen LogP contribution in [0.5, 0.6) is 0 Å². The highest BCUT2D eigenvalue weighted by molar-refractivity contribution is 6.15. The van der Waals surface area contributed by atoms with E-state index >= 15 is 0 Å². The summed E-state index contributed by atoms with van der Waals surface area (Å²) in [7, 11) is 0. The zero-order valence-corrected chi connectivity index (χ0v) is 18.6. The summed E-state index contributed by atoms with van der Waals surface area (Å²) in [5.41, 5.74) is 0.423. The van der Waals surface area contributed by atoms with E-state index < -0.39 is 11.6 Å². The maximum Gasteiger partial charge on any atom is 0.354 e. The van der Waals surface area contributed by atoms with Crippen LogP contribution in [-0.4, -0.2) is 44.3 Å². The van der Waals surface area contributed by atoms with E-state index in [-0.39, 0.29) is 49.1 Å². The highest BCUT2D eigenvalue weighted by atomic mass is 16.5. The number of carbonyl (C=O) groups is 3. The molecule has 1 atom stereocenters. The number of rotatable bonds is 5. The Morgan fingerprint density at radius 3 is 2.79 bits per heavy atom. The van der Waals surface area contributed by atoms with Gasteiger partial charge in [0.1, 0.15) is 12.3 Å². The van der Waals surface area contributed by atoms with Crippen LogP contribution < -0.4 is 10.5 Å². The van der Waals surface area contributed by atoms with Crippen molar-refractivity contribution in [2.24, 2.45) is 0 Å². The molecular formula is C25H22N4O5. The van der Waals surface area contributed by atoms with Crippen molar-refractivity contribution in [2.45, 2.75) is 32.0 Å². The van der Waals surface area contributed by atoms with Crippen molar-refractivity contribution in [3.8, 4) is 0 Å². The number of aryl methyl sites for hydroxylation is 1. The monoisotopic (exact) mass is 458 g/mol. The van der Waals surface area contributed by atoms with Gasteiger partial charge in [0.25, 0.3) is 11.5 Å². The second-order valence-corrected chi connectivity index (χ2v) is 8.36. The fourth-order valence-corrected chi connectivity index (χ4v) is 4.71. The predicted molar refractivity (Wildman–Crippen MR) is 123 cm³/mol. The number of esters is 1. The average Bonchev–Trinajstić information content (AvgIpc) is 3.18. The van der Waals surface area contributed by atoms with Crippen molar-refractivity contribution in [3.63, 3.8) is 0 Å². The molecule has 0 bridgehead atoms. The molecule has 4 heterocycles. The van der Waals surface area contributed by atoms with E-state index in [1.807, 2.05) is 6.92 Å². The van der Waals surface area contributed by atoms with Gasteiger partial charge in [0.2, 0.25) is 11.6 Å². The minimum Gasteiger partial charge on any atom is -0.456 e. The number of anilines is 1. The molecule has 1 saturated heterocycles. The molecule has 9 nitrogen and oxygen atoms in total. The number of ether oxygens (including phenoxy) is 1. The molecule has 34 heavy (non-hydrogen) atoms. The fraction of sp³-hybridized carbons (Fsp3) is 0.240. The first-order valence-electron chi connectivity index (χ1n) is 10.9. The Hall–Kier alpha value is -4.27. The fourth-order valence-electron chi connectivity index (χ4n) is 4.71. The quantitative estimate of drug-likeness (QED) is 0.429. The molecule has 0 radical (unpaired) electrons. The number of nitrogens with zero attached hydrogens (tertiary/aromatic N) is 4. The van der Waals surface area contributed by atoms with E-state index in [0.29, 0.717) is 16.9 Å². The van der Waals surface area contributed by atoms with Crippen LogP contribution in [0.2, 0.25) is 0 Å². The van der Waals surface area contributed by atoms with Gasteiger partial charge in [-0.15, -0.1) is 6.58 Å². The summed E-state index contributed by atoms with van der Waals surface area (Å²) in [5, 5.41) is 0. The van der Waals surface area contributed by atoms with Crippen LogP contribution in [-0.2, 0) is 20.9 Å². The normalized spacial score (nSPS) is 19.2. The standard InChI is InChI=1S/C25H22N4O5/c1-3-11-28-23(32)18-6-4-5-7-19(18)29-21(30)8-10-25(28,29)24(33)34-15-17-14-22(31)27-12-9-16(2)13-20(27)26-17/h3-7,9,12-14H,1,8,10-11,15H2,2H3. The third kappa shape index (κ3) is 3.12. The molecule has 2 aromatic heterocycles. The molecular weight excluding hydrogens is 436 g/mol. The number of carbonyl (C=O) groups excluding carboxylic acids is 3. The van der Waals surface area contributed by atoms with Crippen molar-refractivity contribution in [2.75, 3.05) is 11.4 Å². The number of hydrogen-bond donors (Lipinski definition) is 0. The highest BCUT2D eigenvalue weighted by Crippen LogP contribution is 2.45. The molecule has 2 aliphatic rings. The van der Waals surface area contributed by atoms with Gasteiger partial charge in [-0.2, -0.15) is 0 Å². The Labute approximate surface area is 194 Å². The van der Waals surface area contributed by atoms with Crippen LogP contribution in [0, 0.1) is 6.92 Å². The molecule has 2 amide bonds. The summed E-state index contributed by atoms with van der Waals surface area (Å²) in [5.74, 6) is -1.41. The largest absolute Gasteiger partial charge is 0.456 e. The number of pyridine rings is 1. The lowest BCUT2D eigenvalue weighted by molar-refractivity contribution is -0.158. The smallest absolute Gasteiger partial charge is 0.354 e. The first-order valence-corrected chi connectivity index (χ1v) is 10.9. The molecule has 3 aromatic rings. The molecule has 0 spiro atoms. The number of fused-ring (bicyclic) bond motifs is 4. The van der Waals surface area contributed by atoms with Crippen LogP contribution in [0.4, 0.5) is 5.69 Å². The molecule has 0 N–H and O–H groups in total. The first kappa shape index (κ1) is 21.6. The minimum absolute atomic E-state index is 0.0564. The third-order valence-corrected chi connectivity index (χ3v) is 6.24. The summed E-state index contributed by atoms with van der Waals surface area (Å²) in [6.07, 6.45) is 3.32. The van der Waals surface area contributed by atoms with E-state index in [1.54, 1.807) is 42.6 Å². The number of aromatic nitrogens is 2. The minimum atomic E-state index is -1.63. The number of para-hydroxylation sites is 1. The Morgan fingerprint density at radius 2 is 2.00 bits per heavy atom. The van der Waals surface area contributed by atoms with Gasteiger partial charge in [-0.1, -0.05) is 18.2 Å². The Bertz CT molecular complexity index is 1430. The lowest BCUT2D eigenvalue weighted by Crippen LogP contribution is -2.68. The Balaban J connectivity index is 1.52. The van der Waals surface area contributed by atoms with Crippen LogP contribution in [0.25, 0.3) is 5.65 Å². The lowest BCUT2D eigenvalue weighted by Gasteiger charge is -2.48. The third-order valence-electron chi connectivity index (χ3n) is 6.24. The van der Waals surface area contributed by atoms with E-state index in [4.69, 9.17) is 4.74 Å². The Morgan fingerprint density at radius 1 is 1.21 bits per heavy atom. The summed E-state index contributed by atoms with van der Waals surface area (Å²) in [6, 6.07) is 11.6. The van der Waals surface area contributed by atoms with E-state index in [1.165, 1.54) is 26.3 Å². The number of benzene rings is 1. The SMILES string of the molecule is C=CCN1C(=O)c2ccccc2N2C(=O)CCC12C(=O)OCc1cc(=O)n2ccc(C)cc2n1. The predicted octanol–water partition coefficient (Wildman–Crippen LogP) is 2.21. The molecule has 1 aromatic carbocycles. The molecule has 0 aliphatic carbocycles.